The Labute approximate surface area is 176 Å². The van der Waals surface area contributed by atoms with Crippen LogP contribution in [0.2, 0.25) is 0 Å². The summed E-state index contributed by atoms with van der Waals surface area (Å²) in [6.45, 7) is 1.12. The van der Waals surface area contributed by atoms with Crippen molar-refractivity contribution in [1.29, 1.82) is 0 Å². The van der Waals surface area contributed by atoms with E-state index in [1.165, 1.54) is 13.1 Å². The predicted molar refractivity (Wildman–Crippen MR) is 100 cm³/mol. The fourth-order valence-electron chi connectivity index (χ4n) is 2.81. The Morgan fingerprint density at radius 1 is 1.06 bits per heavy atom. The number of alkyl halides is 6. The summed E-state index contributed by atoms with van der Waals surface area (Å²) in [5.41, 5.74) is -3.22. The maximum absolute atomic E-state index is 13.5. The van der Waals surface area contributed by atoms with E-state index in [1.54, 1.807) is 19.1 Å². The first kappa shape index (κ1) is 23.0. The maximum atomic E-state index is 13.5. The molecule has 0 unspecified atom stereocenters. The monoisotopic (exact) mass is 459 g/mol. The minimum absolute atomic E-state index is 0.214. The molecule has 0 spiro atoms. The molecule has 1 heterocycles. The van der Waals surface area contributed by atoms with Gasteiger partial charge in [0.25, 0.3) is 0 Å². The molecule has 0 bridgehead atoms. The Kier molecular flexibility index (Phi) is 6.10. The van der Waals surface area contributed by atoms with Gasteiger partial charge in [0.2, 0.25) is 0 Å². The van der Waals surface area contributed by atoms with Gasteiger partial charge in [0, 0.05) is 18.2 Å². The lowest BCUT2D eigenvalue weighted by atomic mass is 10.1. The van der Waals surface area contributed by atoms with Crippen LogP contribution in [-0.4, -0.2) is 31.7 Å². The highest BCUT2D eigenvalue weighted by Gasteiger charge is 2.39. The fourth-order valence-corrected chi connectivity index (χ4v) is 2.81. The van der Waals surface area contributed by atoms with Crippen molar-refractivity contribution in [2.75, 3.05) is 0 Å². The SMILES string of the molecule is Cc1cccc(-n2nnn(C)c2=O)c1CON=C(c1cccc(C(F)(F)F)c1)C(F)(F)F. The van der Waals surface area contributed by atoms with E-state index in [0.717, 1.165) is 21.5 Å². The molecule has 32 heavy (non-hydrogen) atoms. The van der Waals surface area contributed by atoms with E-state index in [2.05, 4.69) is 15.6 Å². The van der Waals surface area contributed by atoms with E-state index in [1.807, 2.05) is 0 Å². The lowest BCUT2D eigenvalue weighted by molar-refractivity contribution is -0.137. The largest absolute Gasteiger partial charge is 0.437 e. The van der Waals surface area contributed by atoms with Gasteiger partial charge in [0.1, 0.15) is 6.61 Å². The number of oxime groups is 1. The topological polar surface area (TPSA) is 74.3 Å². The zero-order chi connectivity index (χ0) is 23.7. The minimum atomic E-state index is -5.08. The summed E-state index contributed by atoms with van der Waals surface area (Å²) in [5.74, 6) is 0. The van der Waals surface area contributed by atoms with Crippen LogP contribution in [0.1, 0.15) is 22.3 Å². The number of halogens is 6. The van der Waals surface area contributed by atoms with Gasteiger partial charge in [0.05, 0.1) is 11.3 Å². The van der Waals surface area contributed by atoms with Crippen molar-refractivity contribution in [2.24, 2.45) is 12.2 Å². The first-order valence-electron chi connectivity index (χ1n) is 8.92. The summed E-state index contributed by atoms with van der Waals surface area (Å²) in [5, 5.41) is 10.4. The molecule has 0 radical (unpaired) electrons. The lowest BCUT2D eigenvalue weighted by Gasteiger charge is -2.14. The van der Waals surface area contributed by atoms with Crippen molar-refractivity contribution >= 4 is 5.71 Å². The number of benzene rings is 2. The maximum Gasteiger partial charge on any atom is 0.437 e. The molecule has 2 aromatic carbocycles. The summed E-state index contributed by atoms with van der Waals surface area (Å²) in [7, 11) is 1.37. The Hall–Kier alpha value is -3.64. The Balaban J connectivity index is 1.96. The summed E-state index contributed by atoms with van der Waals surface area (Å²) in [6, 6.07) is 7.41. The Bertz CT molecular complexity index is 1210. The highest BCUT2D eigenvalue weighted by atomic mass is 19.4. The van der Waals surface area contributed by atoms with Crippen molar-refractivity contribution < 1.29 is 31.2 Å². The van der Waals surface area contributed by atoms with Crippen molar-refractivity contribution in [3.63, 3.8) is 0 Å². The normalized spacial score (nSPS) is 12.8. The van der Waals surface area contributed by atoms with Gasteiger partial charge in [-0.1, -0.05) is 29.4 Å². The van der Waals surface area contributed by atoms with Gasteiger partial charge in [-0.15, -0.1) is 0 Å². The average Bonchev–Trinajstić information content (AvgIpc) is 3.03. The molecule has 0 saturated heterocycles. The first-order chi connectivity index (χ1) is 14.9. The van der Waals surface area contributed by atoms with Crippen LogP contribution in [0.25, 0.3) is 5.69 Å². The second kappa shape index (κ2) is 8.48. The van der Waals surface area contributed by atoms with Crippen LogP contribution in [0.3, 0.4) is 0 Å². The molecular weight excluding hydrogens is 444 g/mol. The number of hydrogen-bond acceptors (Lipinski definition) is 5. The van der Waals surface area contributed by atoms with Crippen LogP contribution >= 0.6 is 0 Å². The molecule has 0 aliphatic carbocycles. The van der Waals surface area contributed by atoms with E-state index in [0.29, 0.717) is 23.3 Å². The third-order valence-corrected chi connectivity index (χ3v) is 4.43. The highest BCUT2D eigenvalue weighted by molar-refractivity contribution is 6.04. The van der Waals surface area contributed by atoms with Crippen LogP contribution in [0.4, 0.5) is 26.3 Å². The molecule has 0 atom stereocenters. The smallest absolute Gasteiger partial charge is 0.390 e. The zero-order valence-corrected chi connectivity index (χ0v) is 16.6. The standard InChI is InChI=1S/C19H15F6N5O2/c1-11-5-3-8-15(30-17(31)29(2)27-28-30)14(11)10-32-26-16(19(23,24)25)12-6-4-7-13(9-12)18(20,21)22/h3-9H,10H2,1-2H3. The molecule has 3 aromatic rings. The Morgan fingerprint density at radius 3 is 2.34 bits per heavy atom. The molecule has 0 saturated carbocycles. The van der Waals surface area contributed by atoms with Crippen LogP contribution < -0.4 is 5.69 Å². The molecule has 0 aliphatic rings. The van der Waals surface area contributed by atoms with Gasteiger partial charge in [0.15, 0.2) is 5.71 Å². The van der Waals surface area contributed by atoms with E-state index < -0.39 is 41.5 Å². The number of rotatable bonds is 5. The summed E-state index contributed by atoms with van der Waals surface area (Å²) in [6.07, 6.45) is -9.91. The van der Waals surface area contributed by atoms with Crippen LogP contribution in [0.5, 0.6) is 0 Å². The highest BCUT2D eigenvalue weighted by Crippen LogP contribution is 2.31. The van der Waals surface area contributed by atoms with Gasteiger partial charge in [-0.25, -0.2) is 4.79 Å². The van der Waals surface area contributed by atoms with Gasteiger partial charge >= 0.3 is 18.0 Å². The fraction of sp³-hybridized carbons (Fsp3) is 0.263. The molecule has 0 fully saturated rings. The minimum Gasteiger partial charge on any atom is -0.390 e. The number of hydrogen-bond donors (Lipinski definition) is 0. The van der Waals surface area contributed by atoms with Crippen LogP contribution in [-0.2, 0) is 24.7 Å². The summed E-state index contributed by atoms with van der Waals surface area (Å²) < 4.78 is 81.0. The Morgan fingerprint density at radius 2 is 1.75 bits per heavy atom. The third kappa shape index (κ3) is 4.81. The molecule has 0 amide bonds. The van der Waals surface area contributed by atoms with Crippen molar-refractivity contribution in [1.82, 2.24) is 19.8 Å². The molecule has 7 nitrogen and oxygen atoms in total. The third-order valence-electron chi connectivity index (χ3n) is 4.43. The van der Waals surface area contributed by atoms with E-state index in [9.17, 15) is 31.1 Å². The van der Waals surface area contributed by atoms with Gasteiger partial charge in [-0.05, 0) is 41.1 Å². The van der Waals surface area contributed by atoms with Crippen molar-refractivity contribution in [2.45, 2.75) is 25.9 Å². The lowest BCUT2D eigenvalue weighted by Crippen LogP contribution is -2.25. The van der Waals surface area contributed by atoms with Gasteiger partial charge < -0.3 is 4.84 Å². The predicted octanol–water partition coefficient (Wildman–Crippen LogP) is 3.78. The molecule has 1 aromatic heterocycles. The van der Waals surface area contributed by atoms with E-state index in [4.69, 9.17) is 4.84 Å². The summed E-state index contributed by atoms with van der Waals surface area (Å²) in [4.78, 5) is 17.0. The van der Waals surface area contributed by atoms with E-state index >= 15 is 0 Å². The molecule has 170 valence electrons. The van der Waals surface area contributed by atoms with Gasteiger partial charge in [-0.2, -0.15) is 35.7 Å². The number of aryl methyl sites for hydroxylation is 2. The van der Waals surface area contributed by atoms with Crippen molar-refractivity contribution in [3.05, 3.63) is 75.2 Å². The molecule has 0 N–H and O–H groups in total. The number of nitrogens with zero attached hydrogens (tertiary/aromatic N) is 5. The van der Waals surface area contributed by atoms with E-state index in [-0.39, 0.29) is 5.69 Å². The van der Waals surface area contributed by atoms with Crippen molar-refractivity contribution in [3.8, 4) is 5.69 Å². The molecule has 13 heteroatoms. The zero-order valence-electron chi connectivity index (χ0n) is 16.6. The molecular formula is C19H15F6N5O2. The van der Waals surface area contributed by atoms with Crippen LogP contribution in [0, 0.1) is 6.92 Å². The second-order valence-corrected chi connectivity index (χ2v) is 6.66. The van der Waals surface area contributed by atoms with Crippen LogP contribution in [0.15, 0.2) is 52.4 Å². The van der Waals surface area contributed by atoms with Gasteiger partial charge in [-0.3, -0.25) is 0 Å². The summed E-state index contributed by atoms with van der Waals surface area (Å²) >= 11 is 0. The quantitative estimate of drug-likeness (QED) is 0.331. The average molecular weight is 459 g/mol. The first-order valence-corrected chi connectivity index (χ1v) is 8.92. The second-order valence-electron chi connectivity index (χ2n) is 6.66. The molecule has 3 rings (SSSR count). The number of aromatic nitrogens is 4. The number of tetrazole rings is 1. The molecule has 0 aliphatic heterocycles.